The molecule has 0 aliphatic heterocycles. The molecular weight excluding hydrogens is 218 g/mol. The molecule has 0 aromatic heterocycles. The van der Waals surface area contributed by atoms with Gasteiger partial charge in [0, 0.05) is 5.56 Å². The molecule has 0 fully saturated rings. The molecule has 0 amide bonds. The Morgan fingerprint density at radius 1 is 1.41 bits per heavy atom. The van der Waals surface area contributed by atoms with Crippen LogP contribution in [0.1, 0.15) is 36.2 Å². The summed E-state index contributed by atoms with van der Waals surface area (Å²) in [6.45, 7) is 3.44. The van der Waals surface area contributed by atoms with Crippen molar-refractivity contribution >= 4 is 11.8 Å². The van der Waals surface area contributed by atoms with E-state index in [2.05, 4.69) is 0 Å². The zero-order valence-corrected chi connectivity index (χ0v) is 9.77. The quantitative estimate of drug-likeness (QED) is 0.452. The summed E-state index contributed by atoms with van der Waals surface area (Å²) in [5.41, 5.74) is 0.748. The van der Waals surface area contributed by atoms with Crippen molar-refractivity contribution < 1.29 is 14.3 Å². The Morgan fingerprint density at radius 2 is 2.12 bits per heavy atom. The summed E-state index contributed by atoms with van der Waals surface area (Å²) in [5, 5.41) is 8.69. The van der Waals surface area contributed by atoms with Crippen molar-refractivity contribution in [3.8, 4) is 6.07 Å². The molecule has 88 valence electrons. The smallest absolute Gasteiger partial charge is 0.313 e. The van der Waals surface area contributed by atoms with Crippen LogP contribution >= 0.6 is 0 Å². The third-order valence-corrected chi connectivity index (χ3v) is 1.99. The lowest BCUT2D eigenvalue weighted by Gasteiger charge is -2.07. The number of hydrogen-bond donors (Lipinski definition) is 0. The number of ketones is 1. The third-order valence-electron chi connectivity index (χ3n) is 1.99. The van der Waals surface area contributed by atoms with Crippen molar-refractivity contribution in [1.29, 1.82) is 5.26 Å². The van der Waals surface area contributed by atoms with E-state index in [-0.39, 0.29) is 18.3 Å². The number of rotatable bonds is 4. The first kappa shape index (κ1) is 12.9. The summed E-state index contributed by atoms with van der Waals surface area (Å²) in [5.74, 6) is -0.889. The highest BCUT2D eigenvalue weighted by Crippen LogP contribution is 2.08. The van der Waals surface area contributed by atoms with Gasteiger partial charge in [0.2, 0.25) is 0 Å². The summed E-state index contributed by atoms with van der Waals surface area (Å²) in [6.07, 6.45) is -0.534. The molecule has 0 atom stereocenters. The molecule has 17 heavy (non-hydrogen) atoms. The first-order valence-corrected chi connectivity index (χ1v) is 5.25. The fourth-order valence-electron chi connectivity index (χ4n) is 1.30. The molecule has 0 heterocycles. The van der Waals surface area contributed by atoms with Gasteiger partial charge in [-0.25, -0.2) is 0 Å². The summed E-state index contributed by atoms with van der Waals surface area (Å²) >= 11 is 0. The highest BCUT2D eigenvalue weighted by molar-refractivity contribution is 6.06. The molecule has 4 heteroatoms. The second-order valence-electron chi connectivity index (χ2n) is 3.83. The number of carbonyl (C=O) groups excluding carboxylic acids is 2. The Hall–Kier alpha value is -2.15. The second-order valence-corrected chi connectivity index (χ2v) is 3.83. The molecule has 4 nitrogen and oxygen atoms in total. The molecule has 0 saturated carbocycles. The molecule has 0 aliphatic carbocycles. The number of esters is 1. The SMILES string of the molecule is CC(C)OC(=O)CC(=O)c1cccc(C#N)c1. The summed E-state index contributed by atoms with van der Waals surface area (Å²) < 4.78 is 4.87. The van der Waals surface area contributed by atoms with E-state index in [1.54, 1.807) is 32.0 Å². The lowest BCUT2D eigenvalue weighted by Crippen LogP contribution is -2.15. The zero-order valence-electron chi connectivity index (χ0n) is 9.77. The highest BCUT2D eigenvalue weighted by atomic mass is 16.5. The van der Waals surface area contributed by atoms with E-state index in [9.17, 15) is 9.59 Å². The van der Waals surface area contributed by atoms with Crippen LogP contribution in [-0.4, -0.2) is 17.9 Å². The van der Waals surface area contributed by atoms with Gasteiger partial charge in [0.25, 0.3) is 0 Å². The standard InChI is InChI=1S/C13H13NO3/c1-9(2)17-13(16)7-12(15)11-5-3-4-10(6-11)8-14/h3-6,9H,7H2,1-2H3. The Labute approximate surface area is 99.8 Å². The fourth-order valence-corrected chi connectivity index (χ4v) is 1.30. The van der Waals surface area contributed by atoms with Gasteiger partial charge in [-0.1, -0.05) is 12.1 Å². The predicted molar refractivity (Wildman–Crippen MR) is 61.3 cm³/mol. The topological polar surface area (TPSA) is 67.2 Å². The number of hydrogen-bond acceptors (Lipinski definition) is 4. The lowest BCUT2D eigenvalue weighted by molar-refractivity contribution is -0.146. The number of ether oxygens (including phenoxy) is 1. The van der Waals surface area contributed by atoms with E-state index < -0.39 is 5.97 Å². The van der Waals surface area contributed by atoms with Gasteiger partial charge in [-0.15, -0.1) is 0 Å². The van der Waals surface area contributed by atoms with E-state index in [4.69, 9.17) is 10.00 Å². The van der Waals surface area contributed by atoms with Crippen molar-refractivity contribution in [2.24, 2.45) is 0 Å². The van der Waals surface area contributed by atoms with E-state index in [1.807, 2.05) is 6.07 Å². The minimum Gasteiger partial charge on any atom is -0.463 e. The maximum absolute atomic E-state index is 11.7. The molecule has 0 aliphatic rings. The molecule has 0 N–H and O–H groups in total. The molecular formula is C13H13NO3. The minimum atomic E-state index is -0.549. The highest BCUT2D eigenvalue weighted by Gasteiger charge is 2.14. The monoisotopic (exact) mass is 231 g/mol. The van der Waals surface area contributed by atoms with Crippen LogP contribution in [-0.2, 0) is 9.53 Å². The fraction of sp³-hybridized carbons (Fsp3) is 0.308. The van der Waals surface area contributed by atoms with Crippen molar-refractivity contribution in [2.75, 3.05) is 0 Å². The van der Waals surface area contributed by atoms with Crippen LogP contribution in [0, 0.1) is 11.3 Å². The number of nitrogens with zero attached hydrogens (tertiary/aromatic N) is 1. The molecule has 0 spiro atoms. The van der Waals surface area contributed by atoms with E-state index >= 15 is 0 Å². The lowest BCUT2D eigenvalue weighted by atomic mass is 10.1. The molecule has 0 saturated heterocycles. The average molecular weight is 231 g/mol. The first-order valence-electron chi connectivity index (χ1n) is 5.25. The van der Waals surface area contributed by atoms with Crippen LogP contribution in [0.3, 0.4) is 0 Å². The second kappa shape index (κ2) is 5.80. The number of nitriles is 1. The van der Waals surface area contributed by atoms with Gasteiger partial charge in [0.15, 0.2) is 5.78 Å². The third kappa shape index (κ3) is 4.07. The Kier molecular flexibility index (Phi) is 4.41. The molecule has 1 aromatic rings. The van der Waals surface area contributed by atoms with Gasteiger partial charge >= 0.3 is 5.97 Å². The van der Waals surface area contributed by atoms with Gasteiger partial charge in [-0.3, -0.25) is 9.59 Å². The van der Waals surface area contributed by atoms with E-state index in [0.717, 1.165) is 0 Å². The minimum absolute atomic E-state index is 0.235. The van der Waals surface area contributed by atoms with Crippen LogP contribution in [0.5, 0.6) is 0 Å². The zero-order chi connectivity index (χ0) is 12.8. The van der Waals surface area contributed by atoms with Crippen molar-refractivity contribution in [3.05, 3.63) is 35.4 Å². The summed E-state index contributed by atoms with van der Waals surface area (Å²) in [4.78, 5) is 23.0. The Morgan fingerprint density at radius 3 is 2.71 bits per heavy atom. The van der Waals surface area contributed by atoms with Gasteiger partial charge in [0.05, 0.1) is 17.7 Å². The summed E-state index contributed by atoms with van der Waals surface area (Å²) in [6, 6.07) is 8.19. The number of Topliss-reactive ketones (excluding diaryl/α,β-unsaturated/α-hetero) is 1. The first-order chi connectivity index (χ1) is 8.02. The van der Waals surface area contributed by atoms with Crippen molar-refractivity contribution in [1.82, 2.24) is 0 Å². The number of carbonyl (C=O) groups is 2. The van der Waals surface area contributed by atoms with Crippen LogP contribution in [0.4, 0.5) is 0 Å². The normalized spacial score (nSPS) is 9.76. The molecule has 0 radical (unpaired) electrons. The van der Waals surface area contributed by atoms with E-state index in [1.165, 1.54) is 6.07 Å². The molecule has 1 rings (SSSR count). The molecule has 0 unspecified atom stereocenters. The Bertz CT molecular complexity index is 472. The van der Waals surface area contributed by atoms with Gasteiger partial charge < -0.3 is 4.74 Å². The Balaban J connectivity index is 2.70. The van der Waals surface area contributed by atoms with Gasteiger partial charge in [-0.05, 0) is 26.0 Å². The van der Waals surface area contributed by atoms with Crippen molar-refractivity contribution in [3.63, 3.8) is 0 Å². The maximum atomic E-state index is 11.7. The summed E-state index contributed by atoms with van der Waals surface area (Å²) in [7, 11) is 0. The maximum Gasteiger partial charge on any atom is 0.313 e. The van der Waals surface area contributed by atoms with Gasteiger partial charge in [0.1, 0.15) is 6.42 Å². The largest absolute Gasteiger partial charge is 0.463 e. The number of benzene rings is 1. The predicted octanol–water partition coefficient (Wildman–Crippen LogP) is 2.08. The van der Waals surface area contributed by atoms with E-state index in [0.29, 0.717) is 11.1 Å². The van der Waals surface area contributed by atoms with Crippen LogP contribution in [0.25, 0.3) is 0 Å². The average Bonchev–Trinajstić information content (AvgIpc) is 2.27. The van der Waals surface area contributed by atoms with Crippen LogP contribution in [0.2, 0.25) is 0 Å². The van der Waals surface area contributed by atoms with Crippen molar-refractivity contribution in [2.45, 2.75) is 26.4 Å². The molecule has 0 bridgehead atoms. The molecule has 1 aromatic carbocycles. The van der Waals surface area contributed by atoms with Gasteiger partial charge in [-0.2, -0.15) is 5.26 Å². The van der Waals surface area contributed by atoms with Crippen LogP contribution in [0.15, 0.2) is 24.3 Å². The van der Waals surface area contributed by atoms with Crippen LogP contribution < -0.4 is 0 Å².